The van der Waals surface area contributed by atoms with Crippen molar-refractivity contribution < 1.29 is 67.4 Å². The molecule has 0 aromatic carbocycles. The SMILES string of the molecule is NCCCC[C@H](NC(=O)[C@H](CCCCN)NC(=O)[C@H](CCCCN)NC(=O)[C@H](CCCCN)NC(=O)[C@H](CCCCN)NC(=O)[C@H](CCCCN)NC(=O)[C@H](CCCCN)NC(=O)[C@H](CCCCN)NC(=O)[C@H](CCCCN)NC(=O)[C@H](CCCCN)NC(=O)[C@H](CCCCN)NC(=O)[C@H](CCCCN)NC(=O)[C@@H](N)CCCCN)C(=O)O. The minimum absolute atomic E-state index is 0.000111. The van der Waals surface area contributed by atoms with Crippen molar-refractivity contribution in [1.29, 1.82) is 0 Å². The van der Waals surface area contributed by atoms with Crippen LogP contribution in [0.25, 0.3) is 0 Å². The van der Waals surface area contributed by atoms with Gasteiger partial charge in [-0.25, -0.2) is 4.79 Å². The summed E-state index contributed by atoms with van der Waals surface area (Å²) < 4.78 is 0. The fraction of sp³-hybridized carbons (Fsp3) is 0.833. The largest absolute Gasteiger partial charge is 0.480 e. The zero-order valence-corrected chi connectivity index (χ0v) is 70.6. The molecule has 12 amide bonds. The quantitative estimate of drug-likeness (QED) is 0.0253. The maximum Gasteiger partial charge on any atom is 0.326 e. The van der Waals surface area contributed by atoms with E-state index in [-0.39, 0.29) is 142 Å². The van der Waals surface area contributed by atoms with Gasteiger partial charge >= 0.3 is 5.97 Å². The molecule has 40 heteroatoms. The first-order valence-corrected chi connectivity index (χ1v) is 43.5. The van der Waals surface area contributed by atoms with Gasteiger partial charge in [-0.05, 0) is 329 Å². The van der Waals surface area contributed by atoms with Crippen LogP contribution in [0, 0.1) is 0 Å². The molecule has 118 heavy (non-hydrogen) atoms. The molecule has 0 heterocycles. The average Bonchev–Trinajstić information content (AvgIpc) is 0.859. The predicted molar refractivity (Wildman–Crippen MR) is 457 cm³/mol. The second kappa shape index (κ2) is 71.3. The van der Waals surface area contributed by atoms with Gasteiger partial charge in [0.05, 0.1) is 6.04 Å². The summed E-state index contributed by atoms with van der Waals surface area (Å²) in [5.41, 5.74) is 82.2. The Morgan fingerprint density at radius 2 is 0.263 bits per heavy atom. The van der Waals surface area contributed by atoms with Crippen molar-refractivity contribution in [1.82, 2.24) is 63.8 Å². The highest BCUT2D eigenvalue weighted by molar-refractivity contribution is 5.99. The Morgan fingerprint density at radius 3 is 0.381 bits per heavy atom. The van der Waals surface area contributed by atoms with Crippen LogP contribution in [0.4, 0.5) is 0 Å². The minimum Gasteiger partial charge on any atom is -0.480 e. The van der Waals surface area contributed by atoms with Gasteiger partial charge in [-0.1, -0.05) is 6.42 Å². The number of carboxylic acids is 1. The Labute approximate surface area is 699 Å². The zero-order valence-electron chi connectivity index (χ0n) is 70.6. The number of aliphatic carboxylic acids is 1. The number of rotatable bonds is 77. The smallest absolute Gasteiger partial charge is 0.326 e. The lowest BCUT2D eigenvalue weighted by atomic mass is 10.0. The molecule has 0 spiro atoms. The van der Waals surface area contributed by atoms with Crippen LogP contribution in [0.5, 0.6) is 0 Å². The fourth-order valence-corrected chi connectivity index (χ4v) is 13.0. The first-order chi connectivity index (χ1) is 56.8. The molecule has 13 atom stereocenters. The molecule has 0 fully saturated rings. The molecule has 0 aliphatic rings. The first kappa shape index (κ1) is 111. The van der Waals surface area contributed by atoms with E-state index < -0.39 is 155 Å². The summed E-state index contributed by atoms with van der Waals surface area (Å²) >= 11 is 0. The summed E-state index contributed by atoms with van der Waals surface area (Å²) in [7, 11) is 0. The summed E-state index contributed by atoms with van der Waals surface area (Å²) in [5.74, 6) is -10.3. The normalized spacial score (nSPS) is 14.6. The van der Waals surface area contributed by atoms with Gasteiger partial charge < -0.3 is 149 Å². The van der Waals surface area contributed by atoms with E-state index in [0.717, 1.165) is 0 Å². The molecular weight excluding hydrogens is 1530 g/mol. The number of carbonyl (C=O) groups excluding carboxylic acids is 12. The van der Waals surface area contributed by atoms with Crippen molar-refractivity contribution in [2.24, 2.45) is 80.3 Å². The van der Waals surface area contributed by atoms with Crippen LogP contribution in [0.1, 0.15) is 250 Å². The zero-order chi connectivity index (χ0) is 88.3. The number of carboxylic acid groups (broad SMARTS) is 1. The van der Waals surface area contributed by atoms with Gasteiger partial charge in [0.25, 0.3) is 0 Å². The van der Waals surface area contributed by atoms with E-state index >= 15 is 0 Å². The standard InChI is InChI=1S/C78H158N26O14/c79-40-14-1-27-53(92)66(105)93-54(28-2-15-41-80)67(106)94-55(29-3-16-42-81)68(107)95-56(30-4-17-43-82)69(108)96-57(31-5-18-44-83)70(109)97-58(32-6-19-45-84)71(110)98-59(33-7-20-46-85)72(111)99-60(34-8-21-47-86)73(112)100-61(35-9-22-48-87)74(113)101-62(36-10-23-49-88)75(114)102-63(37-11-24-50-89)76(115)103-64(38-12-25-51-90)77(116)104-65(78(117)118)39-13-26-52-91/h53-65H,1-52,79-92H2,(H,93,105)(H,94,106)(H,95,107)(H,96,108)(H,97,109)(H,98,110)(H,99,111)(H,100,112)(H,101,113)(H,102,114)(H,103,115)(H,104,116)(H,117,118)/t53-,54-,55-,56-,57-,58-,59-,60-,61-,62-,63-,64-,65-/m0/s1. The third-order valence-electron chi connectivity index (χ3n) is 20.2. The van der Waals surface area contributed by atoms with Crippen LogP contribution in [0.3, 0.4) is 0 Å². The van der Waals surface area contributed by atoms with E-state index in [9.17, 15) is 67.4 Å². The van der Waals surface area contributed by atoms with Crippen LogP contribution >= 0.6 is 0 Å². The van der Waals surface area contributed by atoms with E-state index in [1.807, 2.05) is 0 Å². The average molecular weight is 1680 g/mol. The highest BCUT2D eigenvalue weighted by Crippen LogP contribution is 2.16. The topological polar surface area (TPSA) is 751 Å². The monoisotopic (exact) mass is 1680 g/mol. The summed E-state index contributed by atoms with van der Waals surface area (Å²) in [5, 5.41) is 43.2. The van der Waals surface area contributed by atoms with Crippen LogP contribution in [-0.2, 0) is 62.3 Å². The lowest BCUT2D eigenvalue weighted by Crippen LogP contribution is -2.61. The number of carbonyl (C=O) groups is 13. The van der Waals surface area contributed by atoms with Crippen molar-refractivity contribution in [2.45, 2.75) is 329 Å². The number of amides is 12. The summed E-state index contributed by atoms with van der Waals surface area (Å²) in [6, 6.07) is -16.3. The van der Waals surface area contributed by atoms with Gasteiger partial charge in [-0.2, -0.15) is 0 Å². The maximum atomic E-state index is 14.9. The van der Waals surface area contributed by atoms with Crippen molar-refractivity contribution in [3.8, 4) is 0 Å². The minimum atomic E-state index is -1.35. The fourth-order valence-electron chi connectivity index (χ4n) is 13.0. The molecule has 41 N–H and O–H groups in total. The van der Waals surface area contributed by atoms with Crippen LogP contribution in [-0.4, -0.2) is 246 Å². The number of nitrogens with two attached hydrogens (primary N) is 14. The van der Waals surface area contributed by atoms with Gasteiger partial charge in [0.2, 0.25) is 70.9 Å². The Hall–Kier alpha value is -7.45. The van der Waals surface area contributed by atoms with Crippen molar-refractivity contribution in [2.75, 3.05) is 85.1 Å². The van der Waals surface area contributed by atoms with Gasteiger partial charge in [-0.15, -0.1) is 0 Å². The molecule has 0 saturated heterocycles. The number of nitrogens with one attached hydrogen (secondary N) is 12. The predicted octanol–water partition coefficient (Wildman–Crippen LogP) is -5.11. The molecule has 0 rings (SSSR count). The van der Waals surface area contributed by atoms with E-state index in [2.05, 4.69) is 63.8 Å². The highest BCUT2D eigenvalue weighted by Gasteiger charge is 2.38. The Balaban J connectivity index is 7.51. The number of unbranched alkanes of at least 4 members (excludes halogenated alkanes) is 13. The van der Waals surface area contributed by atoms with E-state index in [4.69, 9.17) is 80.3 Å². The molecule has 684 valence electrons. The first-order valence-electron chi connectivity index (χ1n) is 43.5. The Morgan fingerprint density at radius 1 is 0.161 bits per heavy atom. The molecule has 40 nitrogen and oxygen atoms in total. The van der Waals surface area contributed by atoms with Crippen LogP contribution in [0.15, 0.2) is 0 Å². The molecule has 0 aliphatic heterocycles. The Kier molecular flexibility index (Phi) is 66.8. The van der Waals surface area contributed by atoms with Crippen LogP contribution < -0.4 is 144 Å². The lowest BCUT2D eigenvalue weighted by Gasteiger charge is -2.29. The molecular formula is C78H158N26O14. The molecule has 0 aromatic heterocycles. The summed E-state index contributed by atoms with van der Waals surface area (Å²) in [4.78, 5) is 186. The van der Waals surface area contributed by atoms with Crippen LogP contribution in [0.2, 0.25) is 0 Å². The van der Waals surface area contributed by atoms with Gasteiger partial charge in [0.1, 0.15) is 72.5 Å². The molecule has 0 saturated carbocycles. The van der Waals surface area contributed by atoms with Gasteiger partial charge in [0, 0.05) is 0 Å². The second-order valence-electron chi connectivity index (χ2n) is 30.4. The second-order valence-corrected chi connectivity index (χ2v) is 30.4. The number of hydrogen-bond acceptors (Lipinski definition) is 27. The summed E-state index contributed by atoms with van der Waals surface area (Å²) in [6.07, 6.45) is 11.9. The third-order valence-corrected chi connectivity index (χ3v) is 20.2. The summed E-state index contributed by atoms with van der Waals surface area (Å²) in [6.45, 7) is 3.47. The molecule has 0 radical (unpaired) electrons. The number of hydrogen-bond donors (Lipinski definition) is 27. The maximum absolute atomic E-state index is 14.9. The van der Waals surface area contributed by atoms with Gasteiger partial charge in [-0.3, -0.25) is 57.5 Å². The molecule has 0 bridgehead atoms. The Bertz CT molecular complexity index is 2810. The van der Waals surface area contributed by atoms with E-state index in [1.165, 1.54) is 0 Å². The van der Waals surface area contributed by atoms with Crippen molar-refractivity contribution in [3.05, 3.63) is 0 Å². The molecule has 0 aliphatic carbocycles. The molecule has 0 aromatic rings. The third kappa shape index (κ3) is 50.6. The highest BCUT2D eigenvalue weighted by atomic mass is 16.4. The lowest BCUT2D eigenvalue weighted by molar-refractivity contribution is -0.142. The van der Waals surface area contributed by atoms with E-state index in [0.29, 0.717) is 193 Å². The van der Waals surface area contributed by atoms with Gasteiger partial charge in [0.15, 0.2) is 0 Å². The van der Waals surface area contributed by atoms with Crippen molar-refractivity contribution in [3.63, 3.8) is 0 Å². The van der Waals surface area contributed by atoms with Crippen molar-refractivity contribution >= 4 is 76.9 Å². The van der Waals surface area contributed by atoms with E-state index in [1.54, 1.807) is 0 Å². The molecule has 0 unspecified atom stereocenters.